The Kier molecular flexibility index (Phi) is 4.77. The zero-order valence-corrected chi connectivity index (χ0v) is 4.86. The molecular formula is C7H10. The van der Waals surface area contributed by atoms with E-state index in [1.165, 1.54) is 0 Å². The first-order valence-electron chi connectivity index (χ1n) is 2.52. The molecule has 0 aromatic rings. The first-order valence-corrected chi connectivity index (χ1v) is 2.52. The molecule has 0 bridgehead atoms. The molecule has 0 aromatic heterocycles. The van der Waals surface area contributed by atoms with E-state index in [1.807, 2.05) is 19.1 Å². The van der Waals surface area contributed by atoms with Gasteiger partial charge in [-0.25, -0.2) is 0 Å². The maximum absolute atomic E-state index is 2.85. The molecule has 0 atom stereocenters. The van der Waals surface area contributed by atoms with Gasteiger partial charge in [0, 0.05) is 0 Å². The largest absolute Gasteiger partial charge is 0.0753 e. The minimum Gasteiger partial charge on any atom is -0.0753 e. The highest BCUT2D eigenvalue weighted by Crippen LogP contribution is 1.71. The molecule has 0 heteroatoms. The molecule has 0 rings (SSSR count). The van der Waals surface area contributed by atoms with Gasteiger partial charge in [-0.2, -0.15) is 0 Å². The summed E-state index contributed by atoms with van der Waals surface area (Å²) in [7, 11) is 0. The molecule has 0 nitrogen and oxygen atoms in total. The second-order valence-corrected chi connectivity index (χ2v) is 1.19. The Morgan fingerprint density at radius 2 is 2.14 bits per heavy atom. The van der Waals surface area contributed by atoms with Crippen LogP contribution in [0.15, 0.2) is 23.6 Å². The summed E-state index contributed by atoms with van der Waals surface area (Å²) in [4.78, 5) is 0. The van der Waals surface area contributed by atoms with E-state index >= 15 is 0 Å². The predicted molar refractivity (Wildman–Crippen MR) is 32.1 cm³/mol. The zero-order chi connectivity index (χ0) is 5.54. The topological polar surface area (TPSA) is 0 Å². The molecule has 0 radical (unpaired) electrons. The lowest BCUT2D eigenvalue weighted by Gasteiger charge is -1.60. The van der Waals surface area contributed by atoms with Gasteiger partial charge in [0.15, 0.2) is 0 Å². The molecule has 0 N–H and O–H groups in total. The zero-order valence-electron chi connectivity index (χ0n) is 4.86. The van der Waals surface area contributed by atoms with E-state index in [0.29, 0.717) is 0 Å². The molecule has 0 aliphatic heterocycles. The third-order valence-electron chi connectivity index (χ3n) is 0.534. The Bertz CT molecular complexity index is 108. The molecular weight excluding hydrogens is 84.1 g/mol. The molecule has 0 unspecified atom stereocenters. The molecule has 0 saturated carbocycles. The molecule has 0 heterocycles. The molecule has 0 spiro atoms. The van der Waals surface area contributed by atoms with E-state index in [4.69, 9.17) is 0 Å². The van der Waals surface area contributed by atoms with Gasteiger partial charge in [0.05, 0.1) is 0 Å². The Morgan fingerprint density at radius 1 is 1.43 bits per heavy atom. The molecule has 0 amide bonds. The fourth-order valence-electron chi connectivity index (χ4n) is 0.244. The van der Waals surface area contributed by atoms with Crippen molar-refractivity contribution in [3.8, 4) is 0 Å². The second-order valence-electron chi connectivity index (χ2n) is 1.19. The second kappa shape index (κ2) is 5.30. The standard InChI is InChI=1S/C7H10/c1-3-5-7-6-4-2/h3,6H,4H2,1-2H3. The van der Waals surface area contributed by atoms with E-state index in [9.17, 15) is 0 Å². The van der Waals surface area contributed by atoms with Crippen molar-refractivity contribution in [3.05, 3.63) is 23.6 Å². The fraction of sp³-hybridized carbons (Fsp3) is 0.429. The van der Waals surface area contributed by atoms with Gasteiger partial charge in [0.25, 0.3) is 0 Å². The molecule has 0 fully saturated rings. The van der Waals surface area contributed by atoms with E-state index in [0.717, 1.165) is 6.42 Å². The van der Waals surface area contributed by atoms with Gasteiger partial charge >= 0.3 is 0 Å². The monoisotopic (exact) mass is 94.1 g/mol. The molecule has 0 aliphatic carbocycles. The summed E-state index contributed by atoms with van der Waals surface area (Å²) in [5, 5.41) is 0. The van der Waals surface area contributed by atoms with Crippen molar-refractivity contribution in [2.24, 2.45) is 0 Å². The maximum Gasteiger partial charge on any atom is -0.0296 e. The summed E-state index contributed by atoms with van der Waals surface area (Å²) in [6.07, 6.45) is 4.83. The lowest BCUT2D eigenvalue weighted by atomic mass is 10.5. The Labute approximate surface area is 44.9 Å². The average Bonchev–Trinajstić information content (AvgIpc) is 1.69. The van der Waals surface area contributed by atoms with Crippen molar-refractivity contribution in [2.45, 2.75) is 20.3 Å². The lowest BCUT2D eigenvalue weighted by Crippen LogP contribution is -1.41. The van der Waals surface area contributed by atoms with Crippen LogP contribution in [0.2, 0.25) is 0 Å². The summed E-state index contributed by atoms with van der Waals surface area (Å²) in [6.45, 7) is 4.00. The number of rotatable bonds is 1. The number of allylic oxidation sites excluding steroid dienone is 2. The van der Waals surface area contributed by atoms with Gasteiger partial charge in [0.2, 0.25) is 0 Å². The third-order valence-corrected chi connectivity index (χ3v) is 0.534. The van der Waals surface area contributed by atoms with Crippen molar-refractivity contribution in [3.63, 3.8) is 0 Å². The van der Waals surface area contributed by atoms with Crippen LogP contribution >= 0.6 is 0 Å². The molecule has 0 aliphatic rings. The van der Waals surface area contributed by atoms with Gasteiger partial charge < -0.3 is 0 Å². The van der Waals surface area contributed by atoms with Gasteiger partial charge in [0.1, 0.15) is 0 Å². The average molecular weight is 94.2 g/mol. The van der Waals surface area contributed by atoms with E-state index < -0.39 is 0 Å². The van der Waals surface area contributed by atoms with Crippen molar-refractivity contribution < 1.29 is 0 Å². The Hall–Kier alpha value is -0.700. The fourth-order valence-corrected chi connectivity index (χ4v) is 0.244. The first-order chi connectivity index (χ1) is 3.41. The van der Waals surface area contributed by atoms with E-state index in [1.54, 1.807) is 0 Å². The number of hydrogen-bond acceptors (Lipinski definition) is 0. The van der Waals surface area contributed by atoms with Crippen LogP contribution in [0.5, 0.6) is 0 Å². The van der Waals surface area contributed by atoms with Gasteiger partial charge in [-0.1, -0.05) is 18.4 Å². The third kappa shape index (κ3) is 5.30. The maximum atomic E-state index is 2.85. The van der Waals surface area contributed by atoms with Gasteiger partial charge in [-0.3, -0.25) is 0 Å². The van der Waals surface area contributed by atoms with Gasteiger partial charge in [-0.15, -0.1) is 0 Å². The van der Waals surface area contributed by atoms with Crippen molar-refractivity contribution in [2.75, 3.05) is 0 Å². The van der Waals surface area contributed by atoms with Crippen LogP contribution in [0.25, 0.3) is 0 Å². The predicted octanol–water partition coefficient (Wildman–Crippen LogP) is 2.28. The summed E-state index contributed by atoms with van der Waals surface area (Å²) in [6, 6.07) is 0. The minimum atomic E-state index is 1.04. The molecule has 0 aromatic carbocycles. The first kappa shape index (κ1) is 6.30. The van der Waals surface area contributed by atoms with Crippen molar-refractivity contribution in [1.29, 1.82) is 0 Å². The van der Waals surface area contributed by atoms with Crippen LogP contribution in [0.3, 0.4) is 0 Å². The highest BCUT2D eigenvalue weighted by molar-refractivity contribution is 4.83. The van der Waals surface area contributed by atoms with Crippen LogP contribution in [-0.4, -0.2) is 0 Å². The SMILES string of the molecule is CC=C=C=CCC. The van der Waals surface area contributed by atoms with E-state index in [-0.39, 0.29) is 0 Å². The Morgan fingerprint density at radius 3 is 2.57 bits per heavy atom. The molecule has 0 saturated heterocycles. The lowest BCUT2D eigenvalue weighted by molar-refractivity contribution is 1.23. The van der Waals surface area contributed by atoms with Crippen molar-refractivity contribution >= 4 is 0 Å². The highest BCUT2D eigenvalue weighted by Gasteiger charge is 1.52. The Balaban J connectivity index is 3.64. The summed E-state index contributed by atoms with van der Waals surface area (Å²) in [5.41, 5.74) is 5.67. The van der Waals surface area contributed by atoms with E-state index in [2.05, 4.69) is 18.4 Å². The van der Waals surface area contributed by atoms with Crippen LogP contribution in [-0.2, 0) is 0 Å². The summed E-state index contributed by atoms with van der Waals surface area (Å²) < 4.78 is 0. The minimum absolute atomic E-state index is 1.04. The van der Waals surface area contributed by atoms with Gasteiger partial charge in [-0.05, 0) is 25.5 Å². The van der Waals surface area contributed by atoms with Crippen molar-refractivity contribution in [1.82, 2.24) is 0 Å². The smallest absolute Gasteiger partial charge is 0.0296 e. The quantitative estimate of drug-likeness (QED) is 0.437. The molecule has 7 heavy (non-hydrogen) atoms. The van der Waals surface area contributed by atoms with Crippen LogP contribution in [0.1, 0.15) is 20.3 Å². The summed E-state index contributed by atoms with van der Waals surface area (Å²) in [5.74, 6) is 0. The normalized spacial score (nSPS) is 6.00. The van der Waals surface area contributed by atoms with Crippen LogP contribution < -0.4 is 0 Å². The van der Waals surface area contributed by atoms with Crippen LogP contribution in [0, 0.1) is 0 Å². The summed E-state index contributed by atoms with van der Waals surface area (Å²) >= 11 is 0. The van der Waals surface area contributed by atoms with Crippen LogP contribution in [0.4, 0.5) is 0 Å². The molecule has 38 valence electrons. The number of hydrogen-bond donors (Lipinski definition) is 0. The highest BCUT2D eigenvalue weighted by atomic mass is 13.6.